The number of fused-ring (bicyclic) bond motifs is 3. The van der Waals surface area contributed by atoms with Crippen molar-refractivity contribution >= 4 is 23.2 Å². The van der Waals surface area contributed by atoms with Gasteiger partial charge in [0.25, 0.3) is 5.91 Å². The number of carbonyl (C=O) groups is 3. The third kappa shape index (κ3) is 4.82. The number of aliphatic hydroxyl groups excluding tert-OH is 2. The standard InChI is InChI=1S/C35H35N3O7/c1-38(2)29-24-15-21-14-23-22(20-10-8-19(9-11-20)17-37-16-18-6-4-3-5-7-18)12-13-25(39)27(23)30(40)26(21)32(42)35(24,45)33(43)28(31(29)41)34(36)44/h3-13,21,24,29,37,39-40,43,45H,14-17H2,1-2H3,(H2,36,44)/t21?,24?,29-,35-/m0/s1. The van der Waals surface area contributed by atoms with Crippen molar-refractivity contribution in [2.24, 2.45) is 17.6 Å². The Morgan fingerprint density at radius 3 is 2.22 bits per heavy atom. The topological polar surface area (TPSA) is 173 Å². The number of likely N-dealkylation sites (N-methyl/N-ethyl adjacent to an activating group) is 1. The number of aromatic hydroxyl groups is 1. The van der Waals surface area contributed by atoms with Gasteiger partial charge in [-0.3, -0.25) is 19.3 Å². The molecule has 1 amide bonds. The van der Waals surface area contributed by atoms with Gasteiger partial charge in [-0.25, -0.2) is 0 Å². The molecule has 0 radical (unpaired) electrons. The SMILES string of the molecule is CN(C)[C@@H]1C(=O)C(C(N)=O)=C(O)[C@@]2(O)C(=O)C3=C(O)c4c(O)ccc(-c5ccc(CNCc6ccccc6)cc5)c4CC3CC12. The van der Waals surface area contributed by atoms with Crippen LogP contribution in [0, 0.1) is 11.8 Å². The van der Waals surface area contributed by atoms with E-state index in [2.05, 4.69) is 17.4 Å². The van der Waals surface area contributed by atoms with Crippen LogP contribution in [-0.2, 0) is 33.9 Å². The summed E-state index contributed by atoms with van der Waals surface area (Å²) in [6.07, 6.45) is 0.255. The number of phenols is 1. The first-order valence-corrected chi connectivity index (χ1v) is 14.8. The predicted molar refractivity (Wildman–Crippen MR) is 167 cm³/mol. The van der Waals surface area contributed by atoms with E-state index in [4.69, 9.17) is 5.73 Å². The number of nitrogens with two attached hydrogens (primary N) is 1. The zero-order valence-corrected chi connectivity index (χ0v) is 24.9. The zero-order chi connectivity index (χ0) is 32.2. The summed E-state index contributed by atoms with van der Waals surface area (Å²) in [6.45, 7) is 1.39. The number of ketones is 2. The van der Waals surface area contributed by atoms with Crippen LogP contribution < -0.4 is 11.1 Å². The van der Waals surface area contributed by atoms with E-state index in [1.54, 1.807) is 20.2 Å². The van der Waals surface area contributed by atoms with Crippen molar-refractivity contribution in [3.05, 3.63) is 106 Å². The lowest BCUT2D eigenvalue weighted by molar-refractivity contribution is -0.153. The molecule has 0 saturated heterocycles. The summed E-state index contributed by atoms with van der Waals surface area (Å²) in [5.41, 5.74) is 6.27. The van der Waals surface area contributed by atoms with Gasteiger partial charge in [0.15, 0.2) is 11.4 Å². The van der Waals surface area contributed by atoms with E-state index >= 15 is 0 Å². The van der Waals surface area contributed by atoms with Gasteiger partial charge < -0.3 is 31.5 Å². The summed E-state index contributed by atoms with van der Waals surface area (Å²) in [7, 11) is 3.15. The van der Waals surface area contributed by atoms with Gasteiger partial charge in [-0.1, -0.05) is 60.7 Å². The lowest BCUT2D eigenvalue weighted by Gasteiger charge is -2.50. The quantitative estimate of drug-likeness (QED) is 0.220. The van der Waals surface area contributed by atoms with Crippen molar-refractivity contribution in [2.45, 2.75) is 37.6 Å². The van der Waals surface area contributed by atoms with Crippen molar-refractivity contribution in [1.29, 1.82) is 0 Å². The Morgan fingerprint density at radius 1 is 0.956 bits per heavy atom. The van der Waals surface area contributed by atoms with Crippen LogP contribution in [0.1, 0.15) is 28.7 Å². The van der Waals surface area contributed by atoms with E-state index in [-0.39, 0.29) is 29.7 Å². The van der Waals surface area contributed by atoms with E-state index in [9.17, 15) is 34.8 Å². The molecule has 4 atom stereocenters. The molecular formula is C35H35N3O7. The number of nitrogens with one attached hydrogen (secondary N) is 1. The summed E-state index contributed by atoms with van der Waals surface area (Å²) in [5.74, 6) is -6.70. The van der Waals surface area contributed by atoms with Crippen LogP contribution in [0.2, 0.25) is 0 Å². The van der Waals surface area contributed by atoms with Crippen LogP contribution in [0.5, 0.6) is 5.75 Å². The first-order valence-electron chi connectivity index (χ1n) is 14.8. The number of primary amides is 1. The Morgan fingerprint density at radius 2 is 1.60 bits per heavy atom. The maximum atomic E-state index is 14.0. The third-order valence-corrected chi connectivity index (χ3v) is 9.37. The number of Topliss-reactive ketones (excluding diaryl/α,β-unsaturated/α-hetero) is 2. The summed E-state index contributed by atoms with van der Waals surface area (Å²) in [6, 6.07) is 20.1. The zero-order valence-electron chi connectivity index (χ0n) is 24.9. The van der Waals surface area contributed by atoms with Crippen LogP contribution >= 0.6 is 0 Å². The second-order valence-electron chi connectivity index (χ2n) is 12.2. The van der Waals surface area contributed by atoms with Gasteiger partial charge in [-0.2, -0.15) is 0 Å². The molecule has 232 valence electrons. The molecule has 45 heavy (non-hydrogen) atoms. The monoisotopic (exact) mass is 609 g/mol. The van der Waals surface area contributed by atoms with Crippen molar-refractivity contribution in [1.82, 2.24) is 10.2 Å². The number of hydrogen-bond donors (Lipinski definition) is 6. The normalized spacial score (nSPS) is 24.4. The van der Waals surface area contributed by atoms with Crippen LogP contribution in [0.25, 0.3) is 16.9 Å². The number of carbonyl (C=O) groups excluding carboxylic acids is 3. The molecule has 3 aliphatic carbocycles. The average molecular weight is 610 g/mol. The van der Waals surface area contributed by atoms with Crippen molar-refractivity contribution in [2.75, 3.05) is 14.1 Å². The summed E-state index contributed by atoms with van der Waals surface area (Å²) in [5, 5.41) is 48.6. The van der Waals surface area contributed by atoms with Gasteiger partial charge in [0, 0.05) is 24.6 Å². The highest BCUT2D eigenvalue weighted by Crippen LogP contribution is 2.53. The number of rotatable bonds is 7. The van der Waals surface area contributed by atoms with E-state index in [0.717, 1.165) is 23.2 Å². The van der Waals surface area contributed by atoms with Crippen LogP contribution in [0.15, 0.2) is 83.6 Å². The number of hydrogen-bond acceptors (Lipinski definition) is 9. The van der Waals surface area contributed by atoms with Gasteiger partial charge in [0.2, 0.25) is 5.78 Å². The average Bonchev–Trinajstić information content (AvgIpc) is 3.00. The molecule has 0 spiro atoms. The maximum Gasteiger partial charge on any atom is 0.255 e. The fraction of sp³-hybridized carbons (Fsp3) is 0.286. The highest BCUT2D eigenvalue weighted by atomic mass is 16.3. The Labute approximate surface area is 260 Å². The minimum atomic E-state index is -2.66. The number of nitrogens with zero attached hydrogens (tertiary/aromatic N) is 1. The number of amides is 1. The second kappa shape index (κ2) is 11.3. The molecule has 3 aliphatic rings. The Kier molecular flexibility index (Phi) is 7.60. The lowest BCUT2D eigenvalue weighted by Crippen LogP contribution is -2.65. The molecule has 10 nitrogen and oxygen atoms in total. The predicted octanol–water partition coefficient (Wildman–Crippen LogP) is 2.92. The number of phenolic OH excluding ortho intramolecular Hbond substituents is 1. The molecule has 6 rings (SSSR count). The maximum absolute atomic E-state index is 14.0. The van der Waals surface area contributed by atoms with Gasteiger partial charge in [0.05, 0.1) is 11.6 Å². The first kappa shape index (κ1) is 30.3. The minimum absolute atomic E-state index is 0.0346. The van der Waals surface area contributed by atoms with E-state index in [1.165, 1.54) is 16.5 Å². The van der Waals surface area contributed by atoms with E-state index < -0.39 is 58.0 Å². The fourth-order valence-corrected chi connectivity index (χ4v) is 7.26. The summed E-state index contributed by atoms with van der Waals surface area (Å²) in [4.78, 5) is 41.0. The first-order chi connectivity index (χ1) is 21.4. The molecule has 1 fully saturated rings. The molecule has 10 heteroatoms. The van der Waals surface area contributed by atoms with Gasteiger partial charge in [-0.15, -0.1) is 0 Å². The van der Waals surface area contributed by atoms with Crippen molar-refractivity contribution < 1.29 is 34.8 Å². The Hall–Kier alpha value is -4.77. The van der Waals surface area contributed by atoms with Gasteiger partial charge >= 0.3 is 0 Å². The number of benzene rings is 3. The van der Waals surface area contributed by atoms with Gasteiger partial charge in [0.1, 0.15) is 22.8 Å². The van der Waals surface area contributed by atoms with E-state index in [0.29, 0.717) is 12.1 Å². The second-order valence-corrected chi connectivity index (χ2v) is 12.2. The van der Waals surface area contributed by atoms with Crippen LogP contribution in [0.3, 0.4) is 0 Å². The Balaban J connectivity index is 1.37. The molecule has 0 aliphatic heterocycles. The highest BCUT2D eigenvalue weighted by Gasteiger charge is 2.64. The molecule has 3 aromatic rings. The molecule has 0 aromatic heterocycles. The molecule has 2 unspecified atom stereocenters. The Bertz CT molecular complexity index is 1780. The lowest BCUT2D eigenvalue weighted by atomic mass is 9.57. The van der Waals surface area contributed by atoms with Crippen molar-refractivity contribution in [3.63, 3.8) is 0 Å². The molecule has 0 heterocycles. The smallest absolute Gasteiger partial charge is 0.255 e. The highest BCUT2D eigenvalue weighted by molar-refractivity contribution is 6.24. The number of aliphatic hydroxyl groups is 3. The minimum Gasteiger partial charge on any atom is -0.508 e. The van der Waals surface area contributed by atoms with Crippen LogP contribution in [0.4, 0.5) is 0 Å². The van der Waals surface area contributed by atoms with Crippen LogP contribution in [-0.4, -0.2) is 68.5 Å². The molecule has 1 saturated carbocycles. The van der Waals surface area contributed by atoms with Gasteiger partial charge in [-0.05, 0) is 66.7 Å². The molecular weight excluding hydrogens is 574 g/mol. The van der Waals surface area contributed by atoms with Crippen molar-refractivity contribution in [3.8, 4) is 16.9 Å². The summed E-state index contributed by atoms with van der Waals surface area (Å²) < 4.78 is 0. The largest absolute Gasteiger partial charge is 0.508 e. The molecule has 3 aromatic carbocycles. The fourth-order valence-electron chi connectivity index (χ4n) is 7.26. The molecule has 0 bridgehead atoms. The van der Waals surface area contributed by atoms with E-state index in [1.807, 2.05) is 42.5 Å². The molecule has 7 N–H and O–H groups in total. The summed E-state index contributed by atoms with van der Waals surface area (Å²) >= 11 is 0. The third-order valence-electron chi connectivity index (χ3n) is 9.37.